The molecule has 0 radical (unpaired) electrons. The molecule has 0 aliphatic carbocycles. The highest BCUT2D eigenvalue weighted by Crippen LogP contribution is 2.26. The third-order valence-corrected chi connectivity index (χ3v) is 5.48. The number of carbonyl (C=O) groups excluding carboxylic acids is 1. The summed E-state index contributed by atoms with van der Waals surface area (Å²) in [6, 6.07) is 16.4. The molecule has 4 nitrogen and oxygen atoms in total. The summed E-state index contributed by atoms with van der Waals surface area (Å²) < 4.78 is 0. The minimum atomic E-state index is 0.0718. The van der Waals surface area contributed by atoms with Gasteiger partial charge in [0.1, 0.15) is 0 Å². The van der Waals surface area contributed by atoms with Crippen LogP contribution in [0.1, 0.15) is 30.5 Å². The number of amides is 1. The van der Waals surface area contributed by atoms with Crippen LogP contribution in [0.3, 0.4) is 0 Å². The van der Waals surface area contributed by atoms with Crippen LogP contribution in [0, 0.1) is 6.92 Å². The zero-order valence-corrected chi connectivity index (χ0v) is 16.9. The number of halogens is 1. The zero-order valence-electron chi connectivity index (χ0n) is 16.1. The molecule has 1 atom stereocenters. The van der Waals surface area contributed by atoms with Crippen molar-refractivity contribution in [1.82, 2.24) is 10.2 Å². The second-order valence-electron chi connectivity index (χ2n) is 7.15. The van der Waals surface area contributed by atoms with Crippen LogP contribution in [0.15, 0.2) is 48.5 Å². The number of carbonyl (C=O) groups is 1. The van der Waals surface area contributed by atoms with Crippen molar-refractivity contribution in [3.8, 4) is 0 Å². The average molecular weight is 386 g/mol. The predicted molar refractivity (Wildman–Crippen MR) is 112 cm³/mol. The van der Waals surface area contributed by atoms with Crippen molar-refractivity contribution < 1.29 is 4.79 Å². The zero-order chi connectivity index (χ0) is 19.2. The molecule has 0 saturated carbocycles. The Morgan fingerprint density at radius 3 is 2.37 bits per heavy atom. The van der Waals surface area contributed by atoms with Gasteiger partial charge in [-0.15, -0.1) is 0 Å². The van der Waals surface area contributed by atoms with Gasteiger partial charge in [-0.3, -0.25) is 9.69 Å². The van der Waals surface area contributed by atoms with Gasteiger partial charge in [-0.2, -0.15) is 0 Å². The molecule has 1 aliphatic rings. The lowest BCUT2D eigenvalue weighted by atomic mass is 10.0. The molecule has 1 fully saturated rings. The predicted octanol–water partition coefficient (Wildman–Crippen LogP) is 4.04. The quantitative estimate of drug-likeness (QED) is 0.815. The summed E-state index contributed by atoms with van der Waals surface area (Å²) in [5, 5.41) is 3.97. The summed E-state index contributed by atoms with van der Waals surface area (Å²) >= 11 is 6.30. The van der Waals surface area contributed by atoms with Gasteiger partial charge >= 0.3 is 0 Å². The highest BCUT2D eigenvalue weighted by Gasteiger charge is 2.21. The van der Waals surface area contributed by atoms with Gasteiger partial charge in [0.2, 0.25) is 5.91 Å². The lowest BCUT2D eigenvalue weighted by Crippen LogP contribution is -2.49. The number of para-hydroxylation sites is 1. The normalized spacial score (nSPS) is 16.2. The van der Waals surface area contributed by atoms with Gasteiger partial charge in [0, 0.05) is 26.2 Å². The molecule has 0 bridgehead atoms. The van der Waals surface area contributed by atoms with Gasteiger partial charge in [0.15, 0.2) is 0 Å². The lowest BCUT2D eigenvalue weighted by molar-refractivity contribution is -0.123. The number of aryl methyl sites for hydroxylation is 1. The minimum Gasteiger partial charge on any atom is -0.368 e. The van der Waals surface area contributed by atoms with Gasteiger partial charge in [0.25, 0.3) is 0 Å². The van der Waals surface area contributed by atoms with E-state index in [9.17, 15) is 4.79 Å². The maximum absolute atomic E-state index is 12.5. The summed E-state index contributed by atoms with van der Waals surface area (Å²) in [6.45, 7) is 8.11. The summed E-state index contributed by atoms with van der Waals surface area (Å²) in [7, 11) is 0. The lowest BCUT2D eigenvalue weighted by Gasteiger charge is -2.36. The summed E-state index contributed by atoms with van der Waals surface area (Å²) in [4.78, 5) is 17.0. The fourth-order valence-electron chi connectivity index (χ4n) is 3.52. The summed E-state index contributed by atoms with van der Waals surface area (Å²) in [5.74, 6) is 0.0913. The SMILES string of the molecule is CC[C@@H](NC(=O)CN1CCN(c2ccccc2Cl)CC1)c1ccc(C)cc1. The second kappa shape index (κ2) is 9.25. The van der Waals surface area contributed by atoms with Crippen molar-refractivity contribution >= 4 is 23.2 Å². The van der Waals surface area contributed by atoms with E-state index in [0.29, 0.717) is 6.54 Å². The Morgan fingerprint density at radius 2 is 1.74 bits per heavy atom. The van der Waals surface area contributed by atoms with Crippen LogP contribution in [0.25, 0.3) is 0 Å². The average Bonchev–Trinajstić information content (AvgIpc) is 2.68. The van der Waals surface area contributed by atoms with E-state index in [1.165, 1.54) is 11.1 Å². The van der Waals surface area contributed by atoms with Crippen molar-refractivity contribution in [2.24, 2.45) is 0 Å². The van der Waals surface area contributed by atoms with E-state index in [2.05, 4.69) is 59.3 Å². The van der Waals surface area contributed by atoms with Gasteiger partial charge in [-0.25, -0.2) is 0 Å². The number of benzene rings is 2. The third-order valence-electron chi connectivity index (χ3n) is 5.16. The Hall–Kier alpha value is -2.04. The maximum atomic E-state index is 12.5. The van der Waals surface area contributed by atoms with Crippen LogP contribution < -0.4 is 10.2 Å². The number of anilines is 1. The largest absolute Gasteiger partial charge is 0.368 e. The van der Waals surface area contributed by atoms with Crippen LogP contribution in [-0.4, -0.2) is 43.5 Å². The summed E-state index contributed by atoms with van der Waals surface area (Å²) in [6.07, 6.45) is 0.884. The van der Waals surface area contributed by atoms with E-state index in [0.717, 1.165) is 43.3 Å². The molecule has 0 aromatic heterocycles. The van der Waals surface area contributed by atoms with Gasteiger partial charge in [-0.1, -0.05) is 60.5 Å². The number of hydrogen-bond acceptors (Lipinski definition) is 3. The Balaban J connectivity index is 1.50. The van der Waals surface area contributed by atoms with Gasteiger partial charge in [-0.05, 0) is 31.0 Å². The molecule has 5 heteroatoms. The molecule has 1 saturated heterocycles. The fraction of sp³-hybridized carbons (Fsp3) is 0.409. The van der Waals surface area contributed by atoms with Crippen LogP contribution >= 0.6 is 11.6 Å². The number of nitrogens with zero attached hydrogens (tertiary/aromatic N) is 2. The molecule has 1 aliphatic heterocycles. The van der Waals surface area contributed by atoms with Crippen molar-refractivity contribution in [2.45, 2.75) is 26.3 Å². The smallest absolute Gasteiger partial charge is 0.234 e. The van der Waals surface area contributed by atoms with Crippen LogP contribution in [0.2, 0.25) is 5.02 Å². The molecule has 2 aromatic carbocycles. The van der Waals surface area contributed by atoms with Crippen LogP contribution in [0.4, 0.5) is 5.69 Å². The van der Waals surface area contributed by atoms with E-state index >= 15 is 0 Å². The number of piperazine rings is 1. The molecule has 1 N–H and O–H groups in total. The molecular formula is C22H28ClN3O. The van der Waals surface area contributed by atoms with Crippen molar-refractivity contribution in [2.75, 3.05) is 37.6 Å². The molecule has 2 aromatic rings. The highest BCUT2D eigenvalue weighted by molar-refractivity contribution is 6.33. The molecule has 0 spiro atoms. The van der Waals surface area contributed by atoms with E-state index in [4.69, 9.17) is 11.6 Å². The van der Waals surface area contributed by atoms with Crippen LogP contribution in [-0.2, 0) is 4.79 Å². The molecule has 3 rings (SSSR count). The Bertz CT molecular complexity index is 754. The third kappa shape index (κ3) is 5.24. The molecule has 27 heavy (non-hydrogen) atoms. The number of rotatable bonds is 6. The first-order chi connectivity index (χ1) is 13.1. The highest BCUT2D eigenvalue weighted by atomic mass is 35.5. The standard InChI is InChI=1S/C22H28ClN3O/c1-3-20(18-10-8-17(2)9-11-18)24-22(27)16-25-12-14-26(15-13-25)21-7-5-4-6-19(21)23/h4-11,20H,3,12-16H2,1-2H3,(H,24,27)/t20-/m1/s1. The summed E-state index contributed by atoms with van der Waals surface area (Å²) in [5.41, 5.74) is 3.48. The number of hydrogen-bond donors (Lipinski definition) is 1. The Morgan fingerprint density at radius 1 is 1.07 bits per heavy atom. The van der Waals surface area contributed by atoms with Crippen LogP contribution in [0.5, 0.6) is 0 Å². The van der Waals surface area contributed by atoms with Gasteiger partial charge < -0.3 is 10.2 Å². The van der Waals surface area contributed by atoms with E-state index in [-0.39, 0.29) is 11.9 Å². The maximum Gasteiger partial charge on any atom is 0.234 e. The Kier molecular flexibility index (Phi) is 6.75. The molecular weight excluding hydrogens is 358 g/mol. The van der Waals surface area contributed by atoms with E-state index in [1.807, 2.05) is 18.2 Å². The Labute approximate surface area is 167 Å². The number of nitrogens with one attached hydrogen (secondary N) is 1. The first kappa shape index (κ1) is 19.7. The van der Waals surface area contributed by atoms with Crippen molar-refractivity contribution in [1.29, 1.82) is 0 Å². The van der Waals surface area contributed by atoms with Crippen molar-refractivity contribution in [3.63, 3.8) is 0 Å². The monoisotopic (exact) mass is 385 g/mol. The fourth-order valence-corrected chi connectivity index (χ4v) is 3.77. The molecule has 0 unspecified atom stereocenters. The second-order valence-corrected chi connectivity index (χ2v) is 7.56. The van der Waals surface area contributed by atoms with Crippen molar-refractivity contribution in [3.05, 3.63) is 64.7 Å². The topological polar surface area (TPSA) is 35.6 Å². The molecule has 144 valence electrons. The van der Waals surface area contributed by atoms with E-state index < -0.39 is 0 Å². The minimum absolute atomic E-state index is 0.0718. The first-order valence-corrected chi connectivity index (χ1v) is 10.0. The van der Waals surface area contributed by atoms with E-state index in [1.54, 1.807) is 0 Å². The van der Waals surface area contributed by atoms with Gasteiger partial charge in [0.05, 0.1) is 23.3 Å². The molecule has 1 amide bonds. The first-order valence-electron chi connectivity index (χ1n) is 9.64. The molecule has 1 heterocycles.